The van der Waals surface area contributed by atoms with Crippen LogP contribution in [-0.4, -0.2) is 34.8 Å². The Hall–Kier alpha value is -2.93. The number of amides is 1. The quantitative estimate of drug-likeness (QED) is 0.651. The number of ether oxygens (including phenoxy) is 2. The van der Waals surface area contributed by atoms with Crippen LogP contribution in [-0.2, 0) is 0 Å². The predicted molar refractivity (Wildman–Crippen MR) is 101 cm³/mol. The molecule has 0 unspecified atom stereocenters. The zero-order valence-electron chi connectivity index (χ0n) is 15.1. The number of carbonyl (C=O) groups is 2. The molecule has 0 saturated heterocycles. The molecular formula is C19H20ClNO6. The number of carboxylic acids is 1. The first kappa shape index (κ1) is 20.4. The maximum absolute atomic E-state index is 12.5. The van der Waals surface area contributed by atoms with Crippen LogP contribution in [0.2, 0.25) is 5.02 Å². The number of carbonyl (C=O) groups excluding carboxylic acids is 1. The van der Waals surface area contributed by atoms with Gasteiger partial charge < -0.3 is 25.0 Å². The van der Waals surface area contributed by atoms with Gasteiger partial charge in [0.2, 0.25) is 0 Å². The lowest BCUT2D eigenvalue weighted by molar-refractivity contribution is 0.0693. The summed E-state index contributed by atoms with van der Waals surface area (Å²) in [5.74, 6) is -1.52. The molecule has 0 spiro atoms. The highest BCUT2D eigenvalue weighted by molar-refractivity contribution is 6.32. The largest absolute Gasteiger partial charge is 0.507 e. The molecule has 0 bridgehead atoms. The number of rotatable bonds is 7. The summed E-state index contributed by atoms with van der Waals surface area (Å²) in [5, 5.41) is 21.5. The third-order valence-corrected chi connectivity index (χ3v) is 3.69. The minimum Gasteiger partial charge on any atom is -0.507 e. The SMILES string of the molecule is CCOc1c(Cl)cc(C(=O)Nc2ccc(C(=O)O)c(O)c2)cc1OC(C)C. The van der Waals surface area contributed by atoms with Crippen molar-refractivity contribution in [3.63, 3.8) is 0 Å². The van der Waals surface area contributed by atoms with Gasteiger partial charge in [-0.25, -0.2) is 4.79 Å². The number of halogens is 1. The van der Waals surface area contributed by atoms with Gasteiger partial charge in [0, 0.05) is 17.3 Å². The second-order valence-electron chi connectivity index (χ2n) is 5.88. The van der Waals surface area contributed by atoms with E-state index >= 15 is 0 Å². The summed E-state index contributed by atoms with van der Waals surface area (Å²) in [4.78, 5) is 23.5. The zero-order chi connectivity index (χ0) is 20.1. The summed E-state index contributed by atoms with van der Waals surface area (Å²) in [7, 11) is 0. The molecule has 0 aliphatic heterocycles. The van der Waals surface area contributed by atoms with Crippen molar-refractivity contribution in [3.05, 3.63) is 46.5 Å². The molecule has 2 rings (SSSR count). The van der Waals surface area contributed by atoms with Gasteiger partial charge in [-0.2, -0.15) is 0 Å². The summed E-state index contributed by atoms with van der Waals surface area (Å²) < 4.78 is 11.2. The summed E-state index contributed by atoms with van der Waals surface area (Å²) in [6, 6.07) is 6.69. The van der Waals surface area contributed by atoms with Crippen molar-refractivity contribution >= 4 is 29.2 Å². The topological polar surface area (TPSA) is 105 Å². The van der Waals surface area contributed by atoms with Gasteiger partial charge in [0.15, 0.2) is 11.5 Å². The molecule has 1 amide bonds. The van der Waals surface area contributed by atoms with E-state index in [9.17, 15) is 14.7 Å². The minimum atomic E-state index is -1.26. The van der Waals surface area contributed by atoms with E-state index in [2.05, 4.69) is 5.32 Å². The number of carboxylic acid groups (broad SMARTS) is 1. The fraction of sp³-hybridized carbons (Fsp3) is 0.263. The van der Waals surface area contributed by atoms with Crippen molar-refractivity contribution in [1.82, 2.24) is 0 Å². The standard InChI is InChI=1S/C19H20ClNO6/c1-4-26-17-14(20)7-11(8-16(17)27-10(2)3)18(23)21-12-5-6-13(19(24)25)15(22)9-12/h5-10,22H,4H2,1-3H3,(H,21,23)(H,24,25). The summed E-state index contributed by atoms with van der Waals surface area (Å²) >= 11 is 6.23. The van der Waals surface area contributed by atoms with Gasteiger partial charge in [0.05, 0.1) is 17.7 Å². The number of aromatic carboxylic acids is 1. The summed E-state index contributed by atoms with van der Waals surface area (Å²) in [5.41, 5.74) is 0.199. The molecular weight excluding hydrogens is 374 g/mol. The number of hydrogen-bond acceptors (Lipinski definition) is 5. The van der Waals surface area contributed by atoms with Crippen molar-refractivity contribution in [2.75, 3.05) is 11.9 Å². The van der Waals surface area contributed by atoms with E-state index in [1.165, 1.54) is 24.3 Å². The highest BCUT2D eigenvalue weighted by Gasteiger charge is 2.18. The van der Waals surface area contributed by atoms with E-state index in [4.69, 9.17) is 26.2 Å². The van der Waals surface area contributed by atoms with E-state index in [1.54, 1.807) is 0 Å². The van der Waals surface area contributed by atoms with E-state index in [0.717, 1.165) is 6.07 Å². The van der Waals surface area contributed by atoms with Gasteiger partial charge >= 0.3 is 5.97 Å². The van der Waals surface area contributed by atoms with Crippen LogP contribution in [0, 0.1) is 0 Å². The maximum Gasteiger partial charge on any atom is 0.339 e. The molecule has 0 aliphatic rings. The zero-order valence-corrected chi connectivity index (χ0v) is 15.8. The molecule has 0 fully saturated rings. The fourth-order valence-electron chi connectivity index (χ4n) is 2.32. The maximum atomic E-state index is 12.5. The number of benzene rings is 2. The lowest BCUT2D eigenvalue weighted by Gasteiger charge is -2.17. The van der Waals surface area contributed by atoms with Crippen LogP contribution in [0.15, 0.2) is 30.3 Å². The normalized spacial score (nSPS) is 10.6. The molecule has 8 heteroatoms. The van der Waals surface area contributed by atoms with Crippen molar-refractivity contribution < 1.29 is 29.3 Å². The number of phenols is 1. The first-order chi connectivity index (χ1) is 12.7. The summed E-state index contributed by atoms with van der Waals surface area (Å²) in [6.45, 7) is 5.87. The third-order valence-electron chi connectivity index (χ3n) is 3.41. The molecule has 2 aromatic carbocycles. The van der Waals surface area contributed by atoms with E-state index in [-0.39, 0.29) is 27.9 Å². The van der Waals surface area contributed by atoms with Crippen molar-refractivity contribution in [2.24, 2.45) is 0 Å². The van der Waals surface area contributed by atoms with Crippen molar-refractivity contribution in [1.29, 1.82) is 0 Å². The van der Waals surface area contributed by atoms with Crippen molar-refractivity contribution in [2.45, 2.75) is 26.9 Å². The molecule has 7 nitrogen and oxygen atoms in total. The first-order valence-electron chi connectivity index (χ1n) is 8.23. The molecule has 27 heavy (non-hydrogen) atoms. The lowest BCUT2D eigenvalue weighted by atomic mass is 10.1. The third kappa shape index (κ3) is 5.04. The Labute approximate surface area is 161 Å². The van der Waals surface area contributed by atoms with Gasteiger partial charge in [-0.15, -0.1) is 0 Å². The smallest absolute Gasteiger partial charge is 0.339 e. The molecule has 0 aromatic heterocycles. The first-order valence-corrected chi connectivity index (χ1v) is 8.61. The second kappa shape index (κ2) is 8.64. The summed E-state index contributed by atoms with van der Waals surface area (Å²) in [6.07, 6.45) is -0.154. The van der Waals surface area contributed by atoms with Gasteiger partial charge in [-0.05, 0) is 45.0 Å². The Morgan fingerprint density at radius 2 is 1.93 bits per heavy atom. The molecule has 0 aliphatic carbocycles. The van der Waals surface area contributed by atoms with Crippen LogP contribution >= 0.6 is 11.6 Å². The Bertz CT molecular complexity index is 866. The molecule has 144 valence electrons. The fourth-order valence-corrected chi connectivity index (χ4v) is 2.58. The number of nitrogens with one attached hydrogen (secondary N) is 1. The molecule has 0 atom stereocenters. The Morgan fingerprint density at radius 1 is 1.22 bits per heavy atom. The Balaban J connectivity index is 2.31. The van der Waals surface area contributed by atoms with E-state index in [1.807, 2.05) is 20.8 Å². The van der Waals surface area contributed by atoms with Gasteiger partial charge in [0.25, 0.3) is 5.91 Å². The van der Waals surface area contributed by atoms with Crippen LogP contribution in [0.4, 0.5) is 5.69 Å². The van der Waals surface area contributed by atoms with Gasteiger partial charge in [-0.1, -0.05) is 11.6 Å². The van der Waals surface area contributed by atoms with Crippen LogP contribution in [0.5, 0.6) is 17.2 Å². The van der Waals surface area contributed by atoms with E-state index < -0.39 is 17.6 Å². The number of anilines is 1. The molecule has 2 aromatic rings. The monoisotopic (exact) mass is 393 g/mol. The Kier molecular flexibility index (Phi) is 6.52. The average molecular weight is 394 g/mol. The van der Waals surface area contributed by atoms with Gasteiger partial charge in [-0.3, -0.25) is 4.79 Å². The minimum absolute atomic E-state index is 0.154. The molecule has 0 saturated carbocycles. The van der Waals surface area contributed by atoms with Crippen LogP contribution < -0.4 is 14.8 Å². The average Bonchev–Trinajstić information content (AvgIpc) is 2.56. The number of hydrogen-bond donors (Lipinski definition) is 3. The molecule has 0 heterocycles. The van der Waals surface area contributed by atoms with Crippen LogP contribution in [0.1, 0.15) is 41.5 Å². The Morgan fingerprint density at radius 3 is 2.48 bits per heavy atom. The van der Waals surface area contributed by atoms with Gasteiger partial charge in [0.1, 0.15) is 11.3 Å². The van der Waals surface area contributed by atoms with Crippen molar-refractivity contribution in [3.8, 4) is 17.2 Å². The predicted octanol–water partition coefficient (Wildman–Crippen LogP) is 4.18. The lowest BCUT2D eigenvalue weighted by Crippen LogP contribution is -2.14. The highest BCUT2D eigenvalue weighted by atomic mass is 35.5. The molecule has 0 radical (unpaired) electrons. The van der Waals surface area contributed by atoms with Crippen LogP contribution in [0.3, 0.4) is 0 Å². The van der Waals surface area contributed by atoms with E-state index in [0.29, 0.717) is 18.1 Å². The highest BCUT2D eigenvalue weighted by Crippen LogP contribution is 2.37. The number of aromatic hydroxyl groups is 1. The van der Waals surface area contributed by atoms with Crippen LogP contribution in [0.25, 0.3) is 0 Å². The molecule has 3 N–H and O–H groups in total. The second-order valence-corrected chi connectivity index (χ2v) is 6.28.